The summed E-state index contributed by atoms with van der Waals surface area (Å²) >= 11 is 0. The molecule has 16 heteroatoms. The SMILES string of the molecule is CN(C)C(=O)Oc1cc2oc(=O)c(Cc3cccc(NS(=O)(=O)CC(F)(F)F)c3F)c(CN3CCNCC3)c2cc1F. The highest BCUT2D eigenvalue weighted by molar-refractivity contribution is 7.92. The number of hydrogen-bond donors (Lipinski definition) is 2. The number of benzene rings is 2. The lowest BCUT2D eigenvalue weighted by Gasteiger charge is -2.28. The molecule has 0 bridgehead atoms. The standard InChI is InChI=1S/C26H27F5N4O6S/c1-34(2)25(37)41-22-12-21-16(11-19(22)27)18(13-35-8-6-32-7-9-35)17(24(36)40-21)10-15-4-3-5-20(23(15)28)33-42(38,39)14-26(29,30)31/h3-5,11-12,32-33H,6-10,13-14H2,1-2H3. The third-order valence-corrected chi connectivity index (χ3v) is 7.63. The first-order chi connectivity index (χ1) is 19.6. The maximum Gasteiger partial charge on any atom is 0.414 e. The van der Waals surface area contributed by atoms with E-state index in [0.717, 1.165) is 23.1 Å². The molecular formula is C26H27F5N4O6S. The van der Waals surface area contributed by atoms with Crippen molar-refractivity contribution in [1.82, 2.24) is 15.1 Å². The molecule has 2 aromatic carbocycles. The molecule has 42 heavy (non-hydrogen) atoms. The van der Waals surface area contributed by atoms with Crippen LogP contribution in [-0.2, 0) is 23.0 Å². The molecule has 2 heterocycles. The van der Waals surface area contributed by atoms with Gasteiger partial charge in [-0.25, -0.2) is 26.8 Å². The van der Waals surface area contributed by atoms with Crippen LogP contribution in [0, 0.1) is 11.6 Å². The van der Waals surface area contributed by atoms with Crippen molar-refractivity contribution in [2.24, 2.45) is 0 Å². The van der Waals surface area contributed by atoms with E-state index >= 15 is 8.78 Å². The number of nitrogens with zero attached hydrogens (tertiary/aromatic N) is 2. The van der Waals surface area contributed by atoms with E-state index in [-0.39, 0.29) is 28.6 Å². The number of anilines is 1. The van der Waals surface area contributed by atoms with Crippen molar-refractivity contribution < 1.29 is 44.3 Å². The van der Waals surface area contributed by atoms with Gasteiger partial charge in [0.1, 0.15) is 5.58 Å². The van der Waals surface area contributed by atoms with Gasteiger partial charge in [-0.3, -0.25) is 9.62 Å². The van der Waals surface area contributed by atoms with Crippen molar-refractivity contribution >= 4 is 32.8 Å². The van der Waals surface area contributed by atoms with Gasteiger partial charge in [-0.15, -0.1) is 0 Å². The Morgan fingerprint density at radius 1 is 1.14 bits per heavy atom. The van der Waals surface area contributed by atoms with E-state index in [0.29, 0.717) is 31.7 Å². The zero-order valence-corrected chi connectivity index (χ0v) is 23.3. The second-order valence-electron chi connectivity index (χ2n) is 9.85. The number of alkyl halides is 3. The fourth-order valence-corrected chi connectivity index (χ4v) is 5.42. The van der Waals surface area contributed by atoms with E-state index < -0.39 is 63.2 Å². The van der Waals surface area contributed by atoms with Gasteiger partial charge in [0.05, 0.1) is 5.69 Å². The van der Waals surface area contributed by atoms with Gasteiger partial charge in [-0.2, -0.15) is 13.2 Å². The van der Waals surface area contributed by atoms with E-state index in [1.54, 1.807) is 4.72 Å². The van der Waals surface area contributed by atoms with Crippen LogP contribution in [0.25, 0.3) is 11.0 Å². The molecule has 4 rings (SSSR count). The summed E-state index contributed by atoms with van der Waals surface area (Å²) in [6.45, 7) is 2.57. The van der Waals surface area contributed by atoms with Crippen LogP contribution in [0.4, 0.5) is 32.4 Å². The Labute approximate surface area is 237 Å². The zero-order chi connectivity index (χ0) is 30.8. The van der Waals surface area contributed by atoms with E-state index in [1.165, 1.54) is 26.2 Å². The highest BCUT2D eigenvalue weighted by Crippen LogP contribution is 2.31. The fraction of sp³-hybridized carbons (Fsp3) is 0.385. The fourth-order valence-electron chi connectivity index (χ4n) is 4.42. The number of hydrogen-bond acceptors (Lipinski definition) is 8. The Bertz CT molecular complexity index is 1650. The van der Waals surface area contributed by atoms with Gasteiger partial charge in [-0.1, -0.05) is 12.1 Å². The van der Waals surface area contributed by atoms with Crippen molar-refractivity contribution in [3.63, 3.8) is 0 Å². The Kier molecular flexibility index (Phi) is 9.08. The van der Waals surface area contributed by atoms with Gasteiger partial charge >= 0.3 is 17.9 Å². The smallest absolute Gasteiger partial charge is 0.414 e. The predicted molar refractivity (Wildman–Crippen MR) is 143 cm³/mol. The third kappa shape index (κ3) is 7.54. The lowest BCUT2D eigenvalue weighted by Crippen LogP contribution is -2.43. The molecule has 3 aromatic rings. The van der Waals surface area contributed by atoms with Crippen LogP contribution in [0.1, 0.15) is 16.7 Å². The molecule has 1 aromatic heterocycles. The minimum Gasteiger partial charge on any atom is -0.422 e. The van der Waals surface area contributed by atoms with Crippen LogP contribution in [-0.4, -0.2) is 76.5 Å². The van der Waals surface area contributed by atoms with Gasteiger partial charge in [0.15, 0.2) is 23.1 Å². The number of amides is 1. The number of piperazine rings is 1. The highest BCUT2D eigenvalue weighted by atomic mass is 32.2. The van der Waals surface area contributed by atoms with Crippen LogP contribution >= 0.6 is 0 Å². The van der Waals surface area contributed by atoms with Gasteiger partial charge in [0.2, 0.25) is 10.0 Å². The summed E-state index contributed by atoms with van der Waals surface area (Å²) in [5.41, 5.74) is -1.71. The highest BCUT2D eigenvalue weighted by Gasteiger charge is 2.35. The van der Waals surface area contributed by atoms with Gasteiger partial charge < -0.3 is 19.4 Å². The van der Waals surface area contributed by atoms with Crippen molar-refractivity contribution in [3.05, 3.63) is 69.1 Å². The summed E-state index contributed by atoms with van der Waals surface area (Å²) < 4.78 is 104. The first kappa shape index (κ1) is 31.2. The number of sulfonamides is 1. The van der Waals surface area contributed by atoms with E-state index in [4.69, 9.17) is 9.15 Å². The minimum atomic E-state index is -5.05. The molecule has 0 radical (unpaired) electrons. The normalized spacial score (nSPS) is 14.6. The maximum absolute atomic E-state index is 15.4. The number of nitrogens with one attached hydrogen (secondary N) is 2. The lowest BCUT2D eigenvalue weighted by atomic mass is 9.97. The minimum absolute atomic E-state index is 0.0623. The van der Waals surface area contributed by atoms with Crippen molar-refractivity contribution in [2.45, 2.75) is 19.1 Å². The Hall–Kier alpha value is -3.76. The van der Waals surface area contributed by atoms with Crippen LogP contribution in [0.3, 0.4) is 0 Å². The first-order valence-electron chi connectivity index (χ1n) is 12.6. The predicted octanol–water partition coefficient (Wildman–Crippen LogP) is 3.43. The average molecular weight is 619 g/mol. The monoisotopic (exact) mass is 618 g/mol. The number of fused-ring (bicyclic) bond motifs is 1. The Balaban J connectivity index is 1.78. The molecule has 0 spiro atoms. The molecule has 0 aliphatic carbocycles. The molecule has 1 aliphatic rings. The Morgan fingerprint density at radius 2 is 1.83 bits per heavy atom. The second kappa shape index (κ2) is 12.2. The quantitative estimate of drug-likeness (QED) is 0.291. The summed E-state index contributed by atoms with van der Waals surface area (Å²) in [7, 11) is -2.19. The number of ether oxygens (including phenoxy) is 1. The molecule has 1 fully saturated rings. The number of rotatable bonds is 8. The molecule has 1 saturated heterocycles. The Morgan fingerprint density at radius 3 is 2.48 bits per heavy atom. The molecular weight excluding hydrogens is 591 g/mol. The largest absolute Gasteiger partial charge is 0.422 e. The van der Waals surface area contributed by atoms with Crippen LogP contribution in [0.2, 0.25) is 0 Å². The van der Waals surface area contributed by atoms with Gasteiger partial charge in [0.25, 0.3) is 0 Å². The molecule has 1 amide bonds. The lowest BCUT2D eigenvalue weighted by molar-refractivity contribution is -0.106. The topological polar surface area (TPSA) is 121 Å². The van der Waals surface area contributed by atoms with Gasteiger partial charge in [-0.05, 0) is 23.3 Å². The van der Waals surface area contributed by atoms with Crippen molar-refractivity contribution in [2.75, 3.05) is 50.7 Å². The van der Waals surface area contributed by atoms with Gasteiger partial charge in [0, 0.05) is 70.3 Å². The van der Waals surface area contributed by atoms with E-state index in [2.05, 4.69) is 5.32 Å². The number of carbonyl (C=O) groups excluding carboxylic acids is 1. The average Bonchev–Trinajstić information content (AvgIpc) is 2.88. The second-order valence-corrected chi connectivity index (χ2v) is 11.6. The zero-order valence-electron chi connectivity index (χ0n) is 22.5. The van der Waals surface area contributed by atoms with Crippen molar-refractivity contribution in [3.8, 4) is 5.75 Å². The summed E-state index contributed by atoms with van der Waals surface area (Å²) in [4.78, 5) is 28.3. The van der Waals surface area contributed by atoms with Crippen molar-refractivity contribution in [1.29, 1.82) is 0 Å². The summed E-state index contributed by atoms with van der Waals surface area (Å²) in [6.07, 6.45) is -6.36. The molecule has 2 N–H and O–H groups in total. The van der Waals surface area contributed by atoms with E-state index in [9.17, 15) is 31.2 Å². The number of carbonyl (C=O) groups is 1. The molecule has 1 aliphatic heterocycles. The number of halogens is 5. The van der Waals surface area contributed by atoms with Crippen LogP contribution in [0.15, 0.2) is 39.5 Å². The van der Waals surface area contributed by atoms with E-state index in [1.807, 2.05) is 4.90 Å². The summed E-state index contributed by atoms with van der Waals surface area (Å²) in [5, 5.41) is 3.34. The molecule has 0 atom stereocenters. The first-order valence-corrected chi connectivity index (χ1v) is 14.2. The summed E-state index contributed by atoms with van der Waals surface area (Å²) in [6, 6.07) is 5.50. The molecule has 10 nitrogen and oxygen atoms in total. The third-order valence-electron chi connectivity index (χ3n) is 6.39. The maximum atomic E-state index is 15.4. The molecule has 228 valence electrons. The summed E-state index contributed by atoms with van der Waals surface area (Å²) in [5.74, 6) is -4.81. The molecule has 0 saturated carbocycles. The van der Waals surface area contributed by atoms with Crippen LogP contribution < -0.4 is 20.4 Å². The van der Waals surface area contributed by atoms with Crippen LogP contribution in [0.5, 0.6) is 5.75 Å². The molecule has 0 unspecified atom stereocenters.